The number of carbonyl (C=O) groups is 1. The summed E-state index contributed by atoms with van der Waals surface area (Å²) < 4.78 is 8.10. The number of rotatable bonds is 5. The molecule has 40 heavy (non-hydrogen) atoms. The minimum absolute atomic E-state index is 0.321. The Kier molecular flexibility index (Phi) is 5.79. The lowest BCUT2D eigenvalue weighted by molar-refractivity contribution is 0.0696. The largest absolute Gasteiger partial charge is 0.478 e. The highest BCUT2D eigenvalue weighted by Crippen LogP contribution is 2.36. The summed E-state index contributed by atoms with van der Waals surface area (Å²) in [7, 11) is 0. The second-order valence-electron chi connectivity index (χ2n) is 9.97. The number of aromatic nitrogens is 3. The highest BCUT2D eigenvalue weighted by molar-refractivity contribution is 6.06. The molecule has 3 aromatic carbocycles. The highest BCUT2D eigenvalue weighted by Gasteiger charge is 2.28. The number of carboxylic acid groups (broad SMARTS) is 1. The molecule has 0 fully saturated rings. The van der Waals surface area contributed by atoms with Crippen LogP contribution in [0.15, 0.2) is 95.5 Å². The number of pyridine rings is 1. The van der Waals surface area contributed by atoms with Crippen molar-refractivity contribution in [1.82, 2.24) is 19.7 Å². The first-order valence-electron chi connectivity index (χ1n) is 13.3. The fourth-order valence-corrected chi connectivity index (χ4v) is 5.53. The van der Waals surface area contributed by atoms with Gasteiger partial charge in [0.2, 0.25) is 0 Å². The number of para-hydroxylation sites is 3. The maximum atomic E-state index is 12.5. The predicted octanol–water partition coefficient (Wildman–Crippen LogP) is 6.91. The van der Waals surface area contributed by atoms with Crippen molar-refractivity contribution in [3.63, 3.8) is 0 Å². The number of hydrogen-bond donors (Lipinski definition) is 1. The normalized spacial score (nSPS) is 14.7. The van der Waals surface area contributed by atoms with Gasteiger partial charge in [-0.1, -0.05) is 61.5 Å². The minimum atomic E-state index is -0.938. The van der Waals surface area contributed by atoms with Crippen LogP contribution in [0.25, 0.3) is 50.7 Å². The lowest BCUT2D eigenvalue weighted by atomic mass is 9.92. The van der Waals surface area contributed by atoms with Crippen molar-refractivity contribution >= 4 is 39.5 Å². The molecule has 0 spiro atoms. The van der Waals surface area contributed by atoms with Crippen LogP contribution in [-0.4, -0.2) is 43.8 Å². The van der Waals surface area contributed by atoms with E-state index in [1.54, 1.807) is 0 Å². The third-order valence-corrected chi connectivity index (χ3v) is 7.49. The molecule has 0 bridgehead atoms. The van der Waals surface area contributed by atoms with Gasteiger partial charge in [0.15, 0.2) is 5.76 Å². The quantitative estimate of drug-likeness (QED) is 0.263. The second-order valence-corrected chi connectivity index (χ2v) is 9.97. The van der Waals surface area contributed by atoms with Crippen molar-refractivity contribution < 1.29 is 14.3 Å². The minimum Gasteiger partial charge on any atom is -0.478 e. The molecule has 196 valence electrons. The Morgan fingerprint density at radius 2 is 1.75 bits per heavy atom. The first kappa shape index (κ1) is 24.1. The van der Waals surface area contributed by atoms with Crippen LogP contribution in [0.3, 0.4) is 0 Å². The van der Waals surface area contributed by atoms with E-state index in [-0.39, 0.29) is 0 Å². The summed E-state index contributed by atoms with van der Waals surface area (Å²) in [6.07, 6.45) is 4.08. The summed E-state index contributed by atoms with van der Waals surface area (Å²) >= 11 is 0. The zero-order chi connectivity index (χ0) is 27.2. The molecule has 1 aliphatic heterocycles. The molecule has 1 aliphatic rings. The Morgan fingerprint density at radius 3 is 2.55 bits per heavy atom. The van der Waals surface area contributed by atoms with Crippen LogP contribution in [0.4, 0.5) is 0 Å². The Balaban J connectivity index is 1.46. The van der Waals surface area contributed by atoms with Gasteiger partial charge in [-0.2, -0.15) is 5.10 Å². The molecule has 7 nitrogen and oxygen atoms in total. The number of furan rings is 1. The summed E-state index contributed by atoms with van der Waals surface area (Å²) in [6.45, 7) is 4.04. The van der Waals surface area contributed by atoms with E-state index >= 15 is 0 Å². The Bertz CT molecular complexity index is 1900. The molecule has 0 atom stereocenters. The van der Waals surface area contributed by atoms with Crippen LogP contribution in [0.2, 0.25) is 0 Å². The van der Waals surface area contributed by atoms with Crippen LogP contribution >= 0.6 is 0 Å². The van der Waals surface area contributed by atoms with Gasteiger partial charge in [0.1, 0.15) is 11.3 Å². The molecular formula is C33H26N4O3. The molecule has 7 rings (SSSR count). The van der Waals surface area contributed by atoms with E-state index in [9.17, 15) is 9.90 Å². The fraction of sp³-hybridized carbons (Fsp3) is 0.121. The summed E-state index contributed by atoms with van der Waals surface area (Å²) in [5, 5.41) is 16.9. The average Bonchev–Trinajstić information content (AvgIpc) is 3.60. The van der Waals surface area contributed by atoms with Crippen molar-refractivity contribution in [3.8, 4) is 17.1 Å². The SMILES string of the molecule is CCN1C/C(=C\c2cn(-c3ccccc3)nc2-c2cc3ccccc3o2)c2nc3ccccc3c(C(=O)O)c2C1. The van der Waals surface area contributed by atoms with Crippen LogP contribution in [0.5, 0.6) is 0 Å². The van der Waals surface area contributed by atoms with Crippen molar-refractivity contribution in [1.29, 1.82) is 0 Å². The van der Waals surface area contributed by atoms with Crippen LogP contribution in [0, 0.1) is 0 Å². The molecule has 0 saturated carbocycles. The van der Waals surface area contributed by atoms with Crippen LogP contribution in [0.1, 0.15) is 34.1 Å². The number of likely N-dealkylation sites (N-methyl/N-ethyl adjacent to an activating group) is 1. The Morgan fingerprint density at radius 1 is 0.975 bits per heavy atom. The Labute approximate surface area is 230 Å². The van der Waals surface area contributed by atoms with E-state index in [4.69, 9.17) is 14.5 Å². The molecule has 0 radical (unpaired) electrons. The molecule has 1 N–H and O–H groups in total. The zero-order valence-corrected chi connectivity index (χ0v) is 21.9. The van der Waals surface area contributed by atoms with Gasteiger partial charge in [-0.15, -0.1) is 0 Å². The number of carboxylic acids is 1. The van der Waals surface area contributed by atoms with Gasteiger partial charge >= 0.3 is 5.97 Å². The molecule has 7 heteroatoms. The van der Waals surface area contributed by atoms with Gasteiger partial charge in [-0.3, -0.25) is 4.90 Å². The van der Waals surface area contributed by atoms with E-state index in [0.29, 0.717) is 41.0 Å². The number of fused-ring (bicyclic) bond motifs is 3. The van der Waals surface area contributed by atoms with E-state index in [2.05, 4.69) is 17.9 Å². The monoisotopic (exact) mass is 526 g/mol. The number of aromatic carboxylic acids is 1. The second kappa shape index (κ2) is 9.63. The molecular weight excluding hydrogens is 500 g/mol. The maximum absolute atomic E-state index is 12.5. The zero-order valence-electron chi connectivity index (χ0n) is 21.9. The fourth-order valence-electron chi connectivity index (χ4n) is 5.53. The third kappa shape index (κ3) is 4.08. The lowest BCUT2D eigenvalue weighted by Gasteiger charge is -2.30. The molecule has 0 unspecified atom stereocenters. The van der Waals surface area contributed by atoms with E-state index < -0.39 is 5.97 Å². The first-order chi connectivity index (χ1) is 19.6. The van der Waals surface area contributed by atoms with Gasteiger partial charge in [0.05, 0.1) is 22.5 Å². The molecule has 0 amide bonds. The summed E-state index contributed by atoms with van der Waals surface area (Å²) in [5.74, 6) is -0.268. The van der Waals surface area contributed by atoms with Crippen molar-refractivity contribution in [2.45, 2.75) is 13.5 Å². The van der Waals surface area contributed by atoms with E-state index in [1.165, 1.54) is 0 Å². The average molecular weight is 527 g/mol. The predicted molar refractivity (Wildman–Crippen MR) is 156 cm³/mol. The smallest absolute Gasteiger partial charge is 0.336 e. The molecule has 3 aromatic heterocycles. The summed E-state index contributed by atoms with van der Waals surface area (Å²) in [6, 6.07) is 27.3. The maximum Gasteiger partial charge on any atom is 0.336 e. The molecule has 0 aliphatic carbocycles. The van der Waals surface area contributed by atoms with Crippen molar-refractivity contribution in [2.24, 2.45) is 0 Å². The van der Waals surface area contributed by atoms with Crippen LogP contribution < -0.4 is 0 Å². The highest BCUT2D eigenvalue weighted by atomic mass is 16.4. The van der Waals surface area contributed by atoms with Crippen molar-refractivity contribution in [2.75, 3.05) is 13.1 Å². The topological polar surface area (TPSA) is 84.4 Å². The first-order valence-corrected chi connectivity index (χ1v) is 13.3. The summed E-state index contributed by atoms with van der Waals surface area (Å²) in [4.78, 5) is 19.8. The standard InChI is InChI=1S/C33H26N4O3/c1-2-36-18-22(31-26(20-36)30(33(38)39)25-13-7-8-14-27(25)34-31)16-23-19-37(24-11-4-3-5-12-24)35-32(23)29-17-21-10-6-9-15-28(21)40-29/h3-17,19H,2,18,20H2,1H3,(H,38,39)/b22-16+. The number of nitrogens with zero attached hydrogens (tertiary/aromatic N) is 4. The van der Waals surface area contributed by atoms with Gasteiger partial charge in [-0.25, -0.2) is 14.5 Å². The third-order valence-electron chi connectivity index (χ3n) is 7.49. The Hall–Kier alpha value is -5.01. The lowest BCUT2D eigenvalue weighted by Crippen LogP contribution is -2.31. The van der Waals surface area contributed by atoms with Gasteiger partial charge in [0, 0.05) is 41.2 Å². The molecule has 6 aromatic rings. The molecule has 4 heterocycles. The molecule has 0 saturated heterocycles. The van der Waals surface area contributed by atoms with Gasteiger partial charge in [-0.05, 0) is 48.5 Å². The van der Waals surface area contributed by atoms with E-state index in [0.717, 1.165) is 45.6 Å². The van der Waals surface area contributed by atoms with Crippen LogP contribution in [-0.2, 0) is 6.54 Å². The van der Waals surface area contributed by atoms with Gasteiger partial charge in [0.25, 0.3) is 0 Å². The number of hydrogen-bond acceptors (Lipinski definition) is 5. The van der Waals surface area contributed by atoms with Gasteiger partial charge < -0.3 is 9.52 Å². The van der Waals surface area contributed by atoms with E-state index in [1.807, 2.05) is 95.8 Å². The van der Waals surface area contributed by atoms with Crippen molar-refractivity contribution in [3.05, 3.63) is 114 Å². The summed E-state index contributed by atoms with van der Waals surface area (Å²) in [5.41, 5.74) is 6.71. The number of benzene rings is 3.